The Morgan fingerprint density at radius 2 is 1.82 bits per heavy atom. The molecule has 0 unspecified atom stereocenters. The van der Waals surface area contributed by atoms with Gasteiger partial charge in [0.25, 0.3) is 0 Å². The zero-order chi connectivity index (χ0) is 16.5. The topological polar surface area (TPSA) is 50.3 Å². The number of benzene rings is 1. The van der Waals surface area contributed by atoms with E-state index in [0.717, 1.165) is 22.8 Å². The summed E-state index contributed by atoms with van der Waals surface area (Å²) in [5.74, 6) is 0. The third-order valence-corrected chi connectivity index (χ3v) is 5.81. The van der Waals surface area contributed by atoms with Gasteiger partial charge >= 0.3 is 0 Å². The van der Waals surface area contributed by atoms with Crippen LogP contribution in [0.5, 0.6) is 0 Å². The maximum Gasteiger partial charge on any atom is 0.175 e. The second kappa shape index (κ2) is 6.48. The van der Waals surface area contributed by atoms with E-state index < -0.39 is 9.84 Å². The van der Waals surface area contributed by atoms with Crippen molar-refractivity contribution in [3.05, 3.63) is 45.4 Å². The van der Waals surface area contributed by atoms with Crippen molar-refractivity contribution in [3.63, 3.8) is 0 Å². The number of aromatic nitrogens is 1. The highest BCUT2D eigenvalue weighted by molar-refractivity contribution is 7.90. The van der Waals surface area contributed by atoms with E-state index in [9.17, 15) is 8.42 Å². The zero-order valence-electron chi connectivity index (χ0n) is 13.6. The van der Waals surface area contributed by atoms with Gasteiger partial charge in [0.15, 0.2) is 9.84 Å². The molecule has 0 N–H and O–H groups in total. The molecule has 1 atom stereocenters. The molecular weight excluding hydrogens is 316 g/mol. The molecule has 0 aliphatic rings. The lowest BCUT2D eigenvalue weighted by Crippen LogP contribution is -2.22. The Hall–Kier alpha value is -1.24. The number of thiazole rings is 1. The lowest BCUT2D eigenvalue weighted by atomic mass is 10.1. The van der Waals surface area contributed by atoms with Crippen LogP contribution in [-0.4, -0.2) is 31.6 Å². The molecule has 0 radical (unpaired) electrons. The minimum atomic E-state index is -3.13. The number of aryl methyl sites for hydroxylation is 2. The van der Waals surface area contributed by atoms with E-state index in [0.29, 0.717) is 4.90 Å². The largest absolute Gasteiger partial charge is 0.294 e. The predicted molar refractivity (Wildman–Crippen MR) is 91.0 cm³/mol. The molecule has 4 nitrogen and oxygen atoms in total. The van der Waals surface area contributed by atoms with Crippen molar-refractivity contribution >= 4 is 21.2 Å². The van der Waals surface area contributed by atoms with Crippen molar-refractivity contribution in [2.24, 2.45) is 0 Å². The molecule has 22 heavy (non-hydrogen) atoms. The third kappa shape index (κ3) is 3.94. The van der Waals surface area contributed by atoms with Crippen molar-refractivity contribution in [2.75, 3.05) is 13.3 Å². The zero-order valence-corrected chi connectivity index (χ0v) is 15.3. The fraction of sp³-hybridized carbons (Fsp3) is 0.438. The first-order chi connectivity index (χ1) is 10.2. The minimum absolute atomic E-state index is 0.222. The van der Waals surface area contributed by atoms with Crippen molar-refractivity contribution in [1.82, 2.24) is 9.88 Å². The number of nitrogens with zero attached hydrogens (tertiary/aromatic N) is 2. The van der Waals surface area contributed by atoms with Crippen LogP contribution in [0.2, 0.25) is 0 Å². The Morgan fingerprint density at radius 1 is 1.23 bits per heavy atom. The standard InChI is InChI=1S/C16H22N2O2S2/c1-11(16-12(2)21-13(3)17-16)18(4)10-14-6-8-15(9-7-14)22(5,19)20/h6-9,11H,10H2,1-5H3/t11-/m1/s1. The summed E-state index contributed by atoms with van der Waals surface area (Å²) in [7, 11) is -1.07. The molecule has 0 aliphatic heterocycles. The van der Waals surface area contributed by atoms with Crippen molar-refractivity contribution < 1.29 is 8.42 Å². The van der Waals surface area contributed by atoms with Gasteiger partial charge in [-0.05, 0) is 45.5 Å². The molecule has 0 amide bonds. The highest BCUT2D eigenvalue weighted by atomic mass is 32.2. The maximum atomic E-state index is 11.5. The summed E-state index contributed by atoms with van der Waals surface area (Å²) in [6.45, 7) is 7.02. The Morgan fingerprint density at radius 3 is 2.27 bits per heavy atom. The summed E-state index contributed by atoms with van der Waals surface area (Å²) in [6.07, 6.45) is 1.23. The van der Waals surface area contributed by atoms with Gasteiger partial charge in [0.2, 0.25) is 0 Å². The molecule has 1 aromatic heterocycles. The predicted octanol–water partition coefficient (Wildman–Crippen LogP) is 3.36. The van der Waals surface area contributed by atoms with Crippen LogP contribution in [0.3, 0.4) is 0 Å². The summed E-state index contributed by atoms with van der Waals surface area (Å²) >= 11 is 1.72. The smallest absolute Gasteiger partial charge is 0.175 e. The highest BCUT2D eigenvalue weighted by Gasteiger charge is 2.18. The first-order valence-corrected chi connectivity index (χ1v) is 9.82. The third-order valence-electron chi connectivity index (χ3n) is 3.78. The second-order valence-corrected chi connectivity index (χ2v) is 9.10. The quantitative estimate of drug-likeness (QED) is 0.839. The Balaban J connectivity index is 2.11. The lowest BCUT2D eigenvalue weighted by molar-refractivity contribution is 0.248. The lowest BCUT2D eigenvalue weighted by Gasteiger charge is -2.24. The molecule has 2 aromatic rings. The van der Waals surface area contributed by atoms with Crippen LogP contribution >= 0.6 is 11.3 Å². The summed E-state index contributed by atoms with van der Waals surface area (Å²) in [5, 5.41) is 1.09. The molecule has 0 fully saturated rings. The number of sulfone groups is 1. The van der Waals surface area contributed by atoms with E-state index in [2.05, 4.69) is 30.8 Å². The normalized spacial score (nSPS) is 13.5. The molecule has 1 heterocycles. The number of rotatable bonds is 5. The van der Waals surface area contributed by atoms with Crippen LogP contribution in [0.1, 0.15) is 34.1 Å². The molecule has 0 saturated carbocycles. The first-order valence-electron chi connectivity index (χ1n) is 7.11. The molecule has 0 bridgehead atoms. The molecule has 120 valence electrons. The van der Waals surface area contributed by atoms with Gasteiger partial charge in [-0.1, -0.05) is 12.1 Å². The number of hydrogen-bond donors (Lipinski definition) is 0. The molecule has 0 saturated heterocycles. The van der Waals surface area contributed by atoms with Crippen molar-refractivity contribution in [2.45, 2.75) is 38.3 Å². The van der Waals surface area contributed by atoms with Gasteiger partial charge in [-0.2, -0.15) is 0 Å². The number of hydrogen-bond acceptors (Lipinski definition) is 5. The average molecular weight is 338 g/mol. The summed E-state index contributed by atoms with van der Waals surface area (Å²) in [6, 6.07) is 7.31. The van der Waals surface area contributed by atoms with Crippen LogP contribution in [0.25, 0.3) is 0 Å². The van der Waals surface area contributed by atoms with E-state index in [1.54, 1.807) is 23.5 Å². The van der Waals surface area contributed by atoms with Gasteiger partial charge in [0.05, 0.1) is 21.6 Å². The van der Waals surface area contributed by atoms with Gasteiger partial charge in [-0.25, -0.2) is 13.4 Å². The van der Waals surface area contributed by atoms with Gasteiger partial charge in [0, 0.05) is 17.7 Å². The van der Waals surface area contributed by atoms with Gasteiger partial charge in [-0.3, -0.25) is 4.90 Å². The summed E-state index contributed by atoms with van der Waals surface area (Å²) in [4.78, 5) is 8.45. The van der Waals surface area contributed by atoms with E-state index >= 15 is 0 Å². The SMILES string of the molecule is Cc1nc([C@@H](C)N(C)Cc2ccc(S(C)(=O)=O)cc2)c(C)s1. The van der Waals surface area contributed by atoms with Crippen LogP contribution in [-0.2, 0) is 16.4 Å². The summed E-state index contributed by atoms with van der Waals surface area (Å²) in [5.41, 5.74) is 2.21. The highest BCUT2D eigenvalue weighted by Crippen LogP contribution is 2.27. The fourth-order valence-electron chi connectivity index (χ4n) is 2.41. The van der Waals surface area contributed by atoms with Crippen molar-refractivity contribution in [1.29, 1.82) is 0 Å². The molecule has 0 aliphatic carbocycles. The van der Waals surface area contributed by atoms with Gasteiger partial charge in [-0.15, -0.1) is 11.3 Å². The maximum absolute atomic E-state index is 11.5. The Bertz CT molecular complexity index is 749. The average Bonchev–Trinajstić information content (AvgIpc) is 2.76. The van der Waals surface area contributed by atoms with Crippen LogP contribution in [0.15, 0.2) is 29.2 Å². The van der Waals surface area contributed by atoms with E-state index in [-0.39, 0.29) is 6.04 Å². The van der Waals surface area contributed by atoms with Gasteiger partial charge < -0.3 is 0 Å². The fourth-order valence-corrected chi connectivity index (χ4v) is 3.95. The molecule has 6 heteroatoms. The second-order valence-electron chi connectivity index (χ2n) is 5.68. The van der Waals surface area contributed by atoms with Crippen LogP contribution < -0.4 is 0 Å². The van der Waals surface area contributed by atoms with Crippen LogP contribution in [0.4, 0.5) is 0 Å². The Kier molecular flexibility index (Phi) is 5.04. The minimum Gasteiger partial charge on any atom is -0.294 e. The molecule has 2 rings (SSSR count). The van der Waals surface area contributed by atoms with Crippen LogP contribution in [0, 0.1) is 13.8 Å². The summed E-state index contributed by atoms with van der Waals surface area (Å²) < 4.78 is 23.0. The molecule has 0 spiro atoms. The monoisotopic (exact) mass is 338 g/mol. The van der Waals surface area contributed by atoms with E-state index in [4.69, 9.17) is 0 Å². The first kappa shape index (κ1) is 17.1. The van der Waals surface area contributed by atoms with Gasteiger partial charge in [0.1, 0.15) is 0 Å². The van der Waals surface area contributed by atoms with E-state index in [1.165, 1.54) is 11.1 Å². The molecule has 1 aromatic carbocycles. The molecular formula is C16H22N2O2S2. The van der Waals surface area contributed by atoms with Crippen molar-refractivity contribution in [3.8, 4) is 0 Å². The Labute approximate surface area is 136 Å². The van der Waals surface area contributed by atoms with E-state index in [1.807, 2.05) is 19.1 Å².